The first-order chi connectivity index (χ1) is 5.12. The van der Waals surface area contributed by atoms with E-state index in [1.807, 2.05) is 0 Å². The number of azide groups is 1. The molecule has 0 spiro atoms. The van der Waals surface area contributed by atoms with Crippen molar-refractivity contribution in [1.29, 1.82) is 0 Å². The Morgan fingerprint density at radius 1 is 1.82 bits per heavy atom. The summed E-state index contributed by atoms with van der Waals surface area (Å²) in [6, 6.07) is 0. The van der Waals surface area contributed by atoms with Crippen LogP contribution < -0.4 is 0 Å². The lowest BCUT2D eigenvalue weighted by atomic mass is 10.8. The average Bonchev–Trinajstić information content (AvgIpc) is 1.87. The zero-order valence-electron chi connectivity index (χ0n) is 6.10. The second-order valence-electron chi connectivity index (χ2n) is 1.69. The van der Waals surface area contributed by atoms with Gasteiger partial charge in [-0.3, -0.25) is 4.57 Å². The van der Waals surface area contributed by atoms with Gasteiger partial charge in [0, 0.05) is 17.6 Å². The predicted octanol–water partition coefficient (Wildman–Crippen LogP) is 2.77. The van der Waals surface area contributed by atoms with Crippen molar-refractivity contribution in [2.45, 2.75) is 6.92 Å². The molecule has 0 saturated heterocycles. The quantitative estimate of drug-likeness (QED) is 0.294. The van der Waals surface area contributed by atoms with Crippen molar-refractivity contribution in [3.05, 3.63) is 10.4 Å². The van der Waals surface area contributed by atoms with Crippen LogP contribution in [-0.2, 0) is 9.09 Å². The molecule has 1 atom stereocenters. The molecule has 7 heteroatoms. The molecule has 0 rings (SSSR count). The zero-order chi connectivity index (χ0) is 8.74. The lowest BCUT2D eigenvalue weighted by Gasteiger charge is -2.06. The van der Waals surface area contributed by atoms with Crippen LogP contribution in [0.2, 0.25) is 0 Å². The zero-order valence-corrected chi connectivity index (χ0v) is 7.75. The molecule has 0 heterocycles. The minimum Gasteiger partial charge on any atom is -0.318 e. The summed E-state index contributed by atoms with van der Waals surface area (Å²) in [5.41, 5.74) is 7.88. The van der Waals surface area contributed by atoms with Gasteiger partial charge in [-0.1, -0.05) is 5.11 Å². The molecule has 0 aliphatic heterocycles. The van der Waals surface area contributed by atoms with E-state index in [4.69, 9.17) is 21.3 Å². The van der Waals surface area contributed by atoms with Crippen molar-refractivity contribution in [1.82, 2.24) is 0 Å². The van der Waals surface area contributed by atoms with Crippen LogP contribution in [-0.4, -0.2) is 19.3 Å². The number of hydrogen-bond donors (Lipinski definition) is 0. The van der Waals surface area contributed by atoms with Crippen LogP contribution in [0.1, 0.15) is 6.92 Å². The van der Waals surface area contributed by atoms with E-state index in [0.29, 0.717) is 6.61 Å². The topological polar surface area (TPSA) is 75.1 Å². The third kappa shape index (κ3) is 6.20. The third-order valence-corrected chi connectivity index (χ3v) is 3.03. The fraction of sp³-hybridized carbons (Fsp3) is 1.00. The Labute approximate surface area is 69.6 Å². The van der Waals surface area contributed by atoms with Crippen LogP contribution in [0, 0.1) is 0 Å². The lowest BCUT2D eigenvalue weighted by Crippen LogP contribution is -1.92. The van der Waals surface area contributed by atoms with Gasteiger partial charge in [-0.15, -0.1) is 0 Å². The molecule has 0 radical (unpaired) electrons. The molecule has 0 fully saturated rings. The van der Waals surface area contributed by atoms with Crippen molar-refractivity contribution >= 4 is 18.0 Å². The summed E-state index contributed by atoms with van der Waals surface area (Å²) in [4.78, 5) is 2.49. The van der Waals surface area contributed by atoms with Crippen LogP contribution in [0.5, 0.6) is 0 Å². The highest BCUT2D eigenvalue weighted by Gasteiger charge is 2.16. The van der Waals surface area contributed by atoms with E-state index in [-0.39, 0.29) is 12.7 Å². The molecule has 0 saturated carbocycles. The Morgan fingerprint density at radius 2 is 2.45 bits per heavy atom. The SMILES string of the molecule is CCOP(=O)(Cl)CCN=[N+]=[N-]. The maximum Gasteiger partial charge on any atom is 0.290 e. The van der Waals surface area contributed by atoms with E-state index < -0.39 is 6.72 Å². The number of nitrogens with zero attached hydrogens (tertiary/aromatic N) is 3. The molecule has 0 aromatic rings. The minimum absolute atomic E-state index is 0.0897. The fourth-order valence-corrected chi connectivity index (χ4v) is 1.83. The van der Waals surface area contributed by atoms with E-state index in [2.05, 4.69) is 10.0 Å². The summed E-state index contributed by atoms with van der Waals surface area (Å²) in [5.74, 6) is 0. The van der Waals surface area contributed by atoms with Crippen molar-refractivity contribution in [3.8, 4) is 0 Å². The summed E-state index contributed by atoms with van der Waals surface area (Å²) in [6.07, 6.45) is 0.0897. The van der Waals surface area contributed by atoms with E-state index in [1.165, 1.54) is 0 Å². The number of halogens is 1. The smallest absolute Gasteiger partial charge is 0.290 e. The van der Waals surface area contributed by atoms with Gasteiger partial charge in [0.25, 0.3) is 6.72 Å². The largest absolute Gasteiger partial charge is 0.318 e. The molecule has 0 aromatic heterocycles. The molecular formula is C4H9ClN3O2P. The Morgan fingerprint density at radius 3 is 2.91 bits per heavy atom. The Balaban J connectivity index is 3.72. The Hall–Kier alpha value is -0.210. The molecular weight excluding hydrogens is 188 g/mol. The second-order valence-corrected chi connectivity index (χ2v) is 5.12. The van der Waals surface area contributed by atoms with Gasteiger partial charge in [-0.25, -0.2) is 0 Å². The molecule has 0 amide bonds. The molecule has 64 valence electrons. The minimum atomic E-state index is -3.01. The molecule has 0 aliphatic rings. The molecule has 5 nitrogen and oxygen atoms in total. The molecule has 0 aliphatic carbocycles. The Kier molecular flexibility index (Phi) is 5.34. The highest BCUT2D eigenvalue weighted by atomic mass is 35.7. The van der Waals surface area contributed by atoms with Crippen LogP contribution in [0.25, 0.3) is 10.4 Å². The first-order valence-corrected chi connectivity index (χ1v) is 5.78. The van der Waals surface area contributed by atoms with Gasteiger partial charge in [0.05, 0.1) is 6.61 Å². The van der Waals surface area contributed by atoms with Crippen molar-refractivity contribution in [3.63, 3.8) is 0 Å². The van der Waals surface area contributed by atoms with Crippen LogP contribution in [0.3, 0.4) is 0 Å². The summed E-state index contributed by atoms with van der Waals surface area (Å²) < 4.78 is 15.8. The molecule has 11 heavy (non-hydrogen) atoms. The molecule has 0 bridgehead atoms. The standard InChI is InChI=1S/C4H9ClN3O2P/c1-2-10-11(5,9)4-3-7-8-6/h2-4H2,1H3. The van der Waals surface area contributed by atoms with E-state index in [9.17, 15) is 4.57 Å². The number of rotatable bonds is 5. The van der Waals surface area contributed by atoms with Crippen molar-refractivity contribution < 1.29 is 9.09 Å². The number of hydrogen-bond acceptors (Lipinski definition) is 3. The summed E-state index contributed by atoms with van der Waals surface area (Å²) in [6.45, 7) is -0.907. The average molecular weight is 198 g/mol. The van der Waals surface area contributed by atoms with Crippen LogP contribution in [0.4, 0.5) is 0 Å². The van der Waals surface area contributed by atoms with Gasteiger partial charge in [-0.05, 0) is 23.7 Å². The maximum absolute atomic E-state index is 11.0. The second kappa shape index (κ2) is 5.44. The Bertz CT molecular complexity index is 204. The monoisotopic (exact) mass is 197 g/mol. The summed E-state index contributed by atoms with van der Waals surface area (Å²) in [5, 5.41) is 3.18. The maximum atomic E-state index is 11.0. The highest BCUT2D eigenvalue weighted by Crippen LogP contribution is 2.51. The van der Waals surface area contributed by atoms with Gasteiger partial charge < -0.3 is 4.52 Å². The predicted molar refractivity (Wildman–Crippen MR) is 44.0 cm³/mol. The van der Waals surface area contributed by atoms with E-state index >= 15 is 0 Å². The van der Waals surface area contributed by atoms with Crippen LogP contribution in [0.15, 0.2) is 5.11 Å². The van der Waals surface area contributed by atoms with E-state index in [0.717, 1.165) is 0 Å². The molecule has 0 N–H and O–H groups in total. The van der Waals surface area contributed by atoms with Crippen molar-refractivity contribution in [2.75, 3.05) is 19.3 Å². The van der Waals surface area contributed by atoms with Gasteiger partial charge in [0.2, 0.25) is 0 Å². The first kappa shape index (κ1) is 10.8. The van der Waals surface area contributed by atoms with Gasteiger partial charge in [0.15, 0.2) is 0 Å². The molecule has 0 aromatic carbocycles. The summed E-state index contributed by atoms with van der Waals surface area (Å²) >= 11 is 5.42. The van der Waals surface area contributed by atoms with Gasteiger partial charge in [0.1, 0.15) is 0 Å². The van der Waals surface area contributed by atoms with E-state index in [1.54, 1.807) is 6.92 Å². The first-order valence-electron chi connectivity index (χ1n) is 3.06. The summed E-state index contributed by atoms with van der Waals surface area (Å²) in [7, 11) is 0. The highest BCUT2D eigenvalue weighted by molar-refractivity contribution is 7.85. The lowest BCUT2D eigenvalue weighted by molar-refractivity contribution is 0.345. The van der Waals surface area contributed by atoms with Crippen LogP contribution >= 0.6 is 18.0 Å². The normalized spacial score (nSPS) is 15.1. The van der Waals surface area contributed by atoms with Crippen molar-refractivity contribution in [2.24, 2.45) is 5.11 Å². The van der Waals surface area contributed by atoms with Gasteiger partial charge in [-0.2, -0.15) is 0 Å². The molecule has 1 unspecified atom stereocenters. The fourth-order valence-electron chi connectivity index (χ4n) is 0.466. The van der Waals surface area contributed by atoms with Gasteiger partial charge >= 0.3 is 0 Å². The third-order valence-electron chi connectivity index (χ3n) is 0.852.